The zero-order valence-corrected chi connectivity index (χ0v) is 29.2. The van der Waals surface area contributed by atoms with E-state index in [0.717, 1.165) is 37.6 Å². The molecule has 1 radical (unpaired) electrons. The minimum atomic E-state index is -2.21. The van der Waals surface area contributed by atoms with E-state index in [9.17, 15) is 0 Å². The first-order chi connectivity index (χ1) is 15.8. The first kappa shape index (κ1) is 27.9. The standard InChI is InChI=1S/C22H28O2S2.5CH3.2Sn/c1-3-5-7-9-13-23-19-17-11-15-26-22(17)20(18-12-16-25-21(18)19)24-14-10-8-6-4-2;;;;;;;/h11-12H,3-10,13-14H2,1-2H3;5*1H3;;. The fourth-order valence-electron chi connectivity index (χ4n) is 4.01. The monoisotopic (exact) mass is 703 g/mol. The molecule has 2 nitrogen and oxygen atoms in total. The summed E-state index contributed by atoms with van der Waals surface area (Å²) in [5, 5.41) is 2.64. The maximum absolute atomic E-state index is 6.62. The molecule has 183 valence electrons. The molecule has 0 aliphatic carbocycles. The van der Waals surface area contributed by atoms with Gasteiger partial charge in [0, 0.05) is 0 Å². The number of unbranched alkanes of at least 4 members (excludes halogenated alkanes) is 6. The van der Waals surface area contributed by atoms with Crippen LogP contribution >= 0.6 is 22.7 Å². The van der Waals surface area contributed by atoms with Gasteiger partial charge in [-0.15, -0.1) is 0 Å². The van der Waals surface area contributed by atoms with E-state index in [2.05, 4.69) is 50.7 Å². The van der Waals surface area contributed by atoms with Gasteiger partial charge in [-0.2, -0.15) is 0 Å². The summed E-state index contributed by atoms with van der Waals surface area (Å²) in [5.74, 6) is 2.29. The van der Waals surface area contributed by atoms with E-state index in [1.807, 2.05) is 22.7 Å². The number of rotatable bonds is 14. The predicted molar refractivity (Wildman–Crippen MR) is 157 cm³/mol. The predicted octanol–water partition coefficient (Wildman–Crippen LogP) is 8.54. The van der Waals surface area contributed by atoms with Gasteiger partial charge in [0.15, 0.2) is 0 Å². The normalized spacial score (nSPS) is 12.4. The fraction of sp³-hybridized carbons (Fsp3) is 0.630. The van der Waals surface area contributed by atoms with Crippen LogP contribution in [0.5, 0.6) is 11.5 Å². The molecule has 0 aliphatic rings. The van der Waals surface area contributed by atoms with Crippen molar-refractivity contribution in [3.63, 3.8) is 0 Å². The molecule has 0 N–H and O–H groups in total. The van der Waals surface area contributed by atoms with Crippen LogP contribution in [0.1, 0.15) is 65.2 Å². The Morgan fingerprint density at radius 1 is 0.727 bits per heavy atom. The number of hydrogen-bond donors (Lipinski definition) is 0. The fourth-order valence-corrected chi connectivity index (χ4v) is 15.4. The number of thiophene rings is 2. The number of ether oxygens (including phenoxy) is 2. The summed E-state index contributed by atoms with van der Waals surface area (Å²) in [5.41, 5.74) is 0. The van der Waals surface area contributed by atoms with Gasteiger partial charge in [0.25, 0.3) is 0 Å². The van der Waals surface area contributed by atoms with Crippen molar-refractivity contribution >= 4 is 86.8 Å². The molecule has 0 aliphatic heterocycles. The van der Waals surface area contributed by atoms with Crippen molar-refractivity contribution in [2.45, 2.75) is 89.9 Å². The van der Waals surface area contributed by atoms with Gasteiger partial charge in [-0.1, -0.05) is 0 Å². The third-order valence-corrected chi connectivity index (χ3v) is 24.4. The molecule has 0 saturated carbocycles. The molecular formula is C27H43O2S2Sn2. The molecule has 6 heteroatoms. The summed E-state index contributed by atoms with van der Waals surface area (Å²) < 4.78 is 19.1. The Morgan fingerprint density at radius 3 is 1.73 bits per heavy atom. The van der Waals surface area contributed by atoms with Crippen molar-refractivity contribution in [3.8, 4) is 11.5 Å². The minimum absolute atomic E-state index is 0.822. The van der Waals surface area contributed by atoms with Crippen LogP contribution in [0.2, 0.25) is 24.7 Å². The van der Waals surface area contributed by atoms with Crippen LogP contribution in [0.25, 0.3) is 20.2 Å². The second-order valence-electron chi connectivity index (χ2n) is 10.4. The van der Waals surface area contributed by atoms with Crippen LogP contribution in [0.4, 0.5) is 0 Å². The van der Waals surface area contributed by atoms with Gasteiger partial charge in [-0.05, 0) is 0 Å². The van der Waals surface area contributed by atoms with Crippen molar-refractivity contribution in [3.05, 3.63) is 12.1 Å². The van der Waals surface area contributed by atoms with Crippen LogP contribution < -0.4 is 15.3 Å². The number of benzene rings is 1. The van der Waals surface area contributed by atoms with Gasteiger partial charge in [-0.25, -0.2) is 0 Å². The zero-order chi connectivity index (χ0) is 24.0. The Labute approximate surface area is 221 Å². The Balaban J connectivity index is 2.08. The van der Waals surface area contributed by atoms with Crippen molar-refractivity contribution in [2.24, 2.45) is 0 Å². The van der Waals surface area contributed by atoms with Gasteiger partial charge in [0.1, 0.15) is 0 Å². The van der Waals surface area contributed by atoms with E-state index < -0.39 is 38.1 Å². The molecule has 3 aromatic rings. The topological polar surface area (TPSA) is 18.5 Å². The molecule has 0 unspecified atom stereocenters. The molecule has 0 bridgehead atoms. The molecular weight excluding hydrogens is 658 g/mol. The SMILES string of the molecule is CCCCCCOc1c2c[c]([Sn]([CH3])([CH3])[CH3])sc2c(OCCCCCC)c2c[c]([Sn]([CH3])[CH3])sc12. The van der Waals surface area contributed by atoms with Gasteiger partial charge < -0.3 is 0 Å². The third-order valence-electron chi connectivity index (χ3n) is 6.09. The zero-order valence-electron chi connectivity index (χ0n) is 21.9. The van der Waals surface area contributed by atoms with Crippen LogP contribution in [-0.4, -0.2) is 51.4 Å². The van der Waals surface area contributed by atoms with Gasteiger partial charge >= 0.3 is 223 Å². The Bertz CT molecular complexity index is 962. The van der Waals surface area contributed by atoms with E-state index in [1.165, 1.54) is 58.7 Å². The first-order valence-corrected chi connectivity index (χ1v) is 31.6. The molecule has 0 amide bonds. The second kappa shape index (κ2) is 13.0. The molecule has 1 aromatic carbocycles. The molecule has 2 heterocycles. The van der Waals surface area contributed by atoms with E-state index >= 15 is 0 Å². The van der Waals surface area contributed by atoms with Crippen molar-refractivity contribution in [1.82, 2.24) is 0 Å². The van der Waals surface area contributed by atoms with Crippen LogP contribution in [0.3, 0.4) is 0 Å². The van der Waals surface area contributed by atoms with Crippen molar-refractivity contribution in [1.29, 1.82) is 0 Å². The first-order valence-electron chi connectivity index (χ1n) is 12.9. The van der Waals surface area contributed by atoms with Crippen molar-refractivity contribution in [2.75, 3.05) is 13.2 Å². The van der Waals surface area contributed by atoms with Gasteiger partial charge in [-0.3, -0.25) is 0 Å². The summed E-state index contributed by atoms with van der Waals surface area (Å²) in [6.07, 6.45) is 9.92. The molecule has 33 heavy (non-hydrogen) atoms. The van der Waals surface area contributed by atoms with E-state index in [4.69, 9.17) is 9.47 Å². The third kappa shape index (κ3) is 7.19. The summed E-state index contributed by atoms with van der Waals surface area (Å²) in [7, 11) is 0. The van der Waals surface area contributed by atoms with Gasteiger partial charge in [0.2, 0.25) is 0 Å². The summed E-state index contributed by atoms with van der Waals surface area (Å²) >= 11 is 0.304. The number of hydrogen-bond acceptors (Lipinski definition) is 4. The Kier molecular flexibility index (Phi) is 11.0. The van der Waals surface area contributed by atoms with Gasteiger partial charge in [0.05, 0.1) is 0 Å². The number of fused-ring (bicyclic) bond motifs is 2. The maximum atomic E-state index is 6.62. The van der Waals surface area contributed by atoms with Crippen LogP contribution in [-0.2, 0) is 0 Å². The van der Waals surface area contributed by atoms with Crippen LogP contribution in [0, 0.1) is 0 Å². The van der Waals surface area contributed by atoms with E-state index in [1.54, 1.807) is 5.79 Å². The average molecular weight is 701 g/mol. The molecule has 0 atom stereocenters. The quantitative estimate of drug-likeness (QED) is 0.124. The molecule has 2 aromatic heterocycles. The molecule has 0 fully saturated rings. The summed E-state index contributed by atoms with van der Waals surface area (Å²) in [6.45, 7) is 6.18. The van der Waals surface area contributed by atoms with Crippen LogP contribution in [0.15, 0.2) is 12.1 Å². The average Bonchev–Trinajstić information content (AvgIpc) is 3.39. The summed E-state index contributed by atoms with van der Waals surface area (Å²) in [4.78, 5) is 12.5. The van der Waals surface area contributed by atoms with Crippen molar-refractivity contribution < 1.29 is 9.47 Å². The second-order valence-corrected chi connectivity index (χ2v) is 36.2. The van der Waals surface area contributed by atoms with E-state index in [0.29, 0.717) is 0 Å². The Morgan fingerprint density at radius 2 is 1.24 bits per heavy atom. The molecule has 0 saturated heterocycles. The van der Waals surface area contributed by atoms with E-state index in [-0.39, 0.29) is 0 Å². The molecule has 3 rings (SSSR count). The molecule has 0 spiro atoms. The Hall–Kier alpha value is 0.337. The summed E-state index contributed by atoms with van der Waals surface area (Å²) in [6, 6.07) is 4.96.